The van der Waals surface area contributed by atoms with Gasteiger partial charge in [0, 0.05) is 32.5 Å². The van der Waals surface area contributed by atoms with Gasteiger partial charge in [0.2, 0.25) is 0 Å². The molecule has 5 rings (SSSR count). The lowest BCUT2D eigenvalue weighted by Gasteiger charge is -2.37. The summed E-state index contributed by atoms with van der Waals surface area (Å²) in [5, 5.41) is 14.7. The predicted molar refractivity (Wildman–Crippen MR) is 134 cm³/mol. The summed E-state index contributed by atoms with van der Waals surface area (Å²) in [7, 11) is 1.63. The monoisotopic (exact) mass is 462 g/mol. The number of pyridine rings is 1. The van der Waals surface area contributed by atoms with E-state index < -0.39 is 0 Å². The second-order valence-electron chi connectivity index (χ2n) is 9.68. The lowest BCUT2D eigenvalue weighted by Crippen LogP contribution is -2.38. The molecule has 34 heavy (non-hydrogen) atoms. The maximum absolute atomic E-state index is 12.7. The zero-order chi connectivity index (χ0) is 23.3. The Balaban J connectivity index is 1.28. The first-order valence-electron chi connectivity index (χ1n) is 12.4. The molecule has 0 bridgehead atoms. The highest BCUT2D eigenvalue weighted by atomic mass is 16.5. The minimum Gasteiger partial charge on any atom is -0.382 e. The van der Waals surface area contributed by atoms with E-state index in [0.717, 1.165) is 47.2 Å². The lowest BCUT2D eigenvalue weighted by atomic mass is 9.83. The van der Waals surface area contributed by atoms with E-state index in [1.807, 2.05) is 42.6 Å². The van der Waals surface area contributed by atoms with Crippen molar-refractivity contribution in [3.8, 4) is 0 Å². The van der Waals surface area contributed by atoms with Crippen molar-refractivity contribution in [1.82, 2.24) is 20.5 Å². The lowest BCUT2D eigenvalue weighted by molar-refractivity contribution is 0.168. The van der Waals surface area contributed by atoms with Crippen LogP contribution in [0.1, 0.15) is 50.1 Å². The molecule has 2 heterocycles. The van der Waals surface area contributed by atoms with Crippen LogP contribution in [0.25, 0.3) is 10.9 Å². The number of aromatic amines is 1. The van der Waals surface area contributed by atoms with Crippen LogP contribution in [0.15, 0.2) is 42.6 Å². The van der Waals surface area contributed by atoms with Gasteiger partial charge in [-0.2, -0.15) is 5.10 Å². The van der Waals surface area contributed by atoms with Gasteiger partial charge in [0.25, 0.3) is 0 Å². The highest BCUT2D eigenvalue weighted by Gasteiger charge is 2.27. The highest BCUT2D eigenvalue weighted by molar-refractivity contribution is 5.94. The van der Waals surface area contributed by atoms with Gasteiger partial charge in [0.05, 0.1) is 23.6 Å². The molecule has 3 N–H and O–H groups in total. The van der Waals surface area contributed by atoms with E-state index in [2.05, 4.69) is 30.7 Å². The number of hydrogen-bond donors (Lipinski definition) is 3. The van der Waals surface area contributed by atoms with Crippen LogP contribution < -0.4 is 15.5 Å². The van der Waals surface area contributed by atoms with E-state index in [4.69, 9.17) is 4.74 Å². The van der Waals surface area contributed by atoms with Crippen LogP contribution in [0, 0.1) is 11.8 Å². The summed E-state index contributed by atoms with van der Waals surface area (Å²) in [4.78, 5) is 19.7. The van der Waals surface area contributed by atoms with Gasteiger partial charge >= 0.3 is 6.03 Å². The molecule has 0 radical (unpaired) electrons. The molecular weight excluding hydrogens is 428 g/mol. The second-order valence-corrected chi connectivity index (χ2v) is 9.68. The number of anilines is 2. The Labute approximate surface area is 200 Å². The van der Waals surface area contributed by atoms with Crippen LogP contribution in [0.2, 0.25) is 0 Å². The first-order valence-corrected chi connectivity index (χ1v) is 12.4. The van der Waals surface area contributed by atoms with Crippen LogP contribution in [0.5, 0.6) is 0 Å². The number of hydrogen-bond acceptors (Lipinski definition) is 5. The number of methoxy groups -OCH3 is 1. The number of fused-ring (bicyclic) bond motifs is 1. The summed E-state index contributed by atoms with van der Waals surface area (Å²) in [5.74, 6) is 3.01. The smallest absolute Gasteiger partial charge is 0.320 e. The van der Waals surface area contributed by atoms with Gasteiger partial charge in [-0.3, -0.25) is 10.4 Å². The number of H-pyrrole nitrogens is 1. The summed E-state index contributed by atoms with van der Waals surface area (Å²) in [5.41, 5.74) is 1.86. The number of nitrogens with zero attached hydrogens (tertiary/aromatic N) is 3. The summed E-state index contributed by atoms with van der Waals surface area (Å²) >= 11 is 0. The van der Waals surface area contributed by atoms with E-state index in [1.54, 1.807) is 7.11 Å². The minimum atomic E-state index is -0.325. The fourth-order valence-electron chi connectivity index (χ4n) is 4.81. The molecule has 8 nitrogen and oxygen atoms in total. The molecule has 0 aliphatic heterocycles. The van der Waals surface area contributed by atoms with Crippen molar-refractivity contribution in [3.63, 3.8) is 0 Å². The Bertz CT molecular complexity index is 1080. The van der Waals surface area contributed by atoms with Crippen molar-refractivity contribution < 1.29 is 9.53 Å². The maximum atomic E-state index is 12.7. The molecule has 2 aliphatic rings. The van der Waals surface area contributed by atoms with E-state index in [0.29, 0.717) is 12.4 Å². The molecule has 2 amide bonds. The number of carbonyl (C=O) groups is 1. The molecule has 2 saturated carbocycles. The van der Waals surface area contributed by atoms with Crippen molar-refractivity contribution in [2.45, 2.75) is 44.6 Å². The van der Waals surface area contributed by atoms with Crippen molar-refractivity contribution >= 4 is 28.6 Å². The van der Waals surface area contributed by atoms with Crippen molar-refractivity contribution in [2.24, 2.45) is 11.8 Å². The average molecular weight is 463 g/mol. The quantitative estimate of drug-likeness (QED) is 0.399. The van der Waals surface area contributed by atoms with Crippen LogP contribution in [0.4, 0.5) is 16.4 Å². The highest BCUT2D eigenvalue weighted by Crippen LogP contribution is 2.34. The zero-order valence-electron chi connectivity index (χ0n) is 19.8. The number of nitrogens with one attached hydrogen (secondary N) is 3. The maximum Gasteiger partial charge on any atom is 0.320 e. The molecule has 0 spiro atoms. The number of rotatable bonds is 10. The summed E-state index contributed by atoms with van der Waals surface area (Å²) < 4.78 is 5.30. The number of aromatic nitrogens is 3. The van der Waals surface area contributed by atoms with Gasteiger partial charge in [0.1, 0.15) is 5.82 Å². The molecule has 0 unspecified atom stereocenters. The second kappa shape index (κ2) is 10.4. The Morgan fingerprint density at radius 1 is 1.15 bits per heavy atom. The topological polar surface area (TPSA) is 95.2 Å². The number of benzene rings is 1. The normalized spacial score (nSPS) is 17.1. The van der Waals surface area contributed by atoms with E-state index >= 15 is 0 Å². The van der Waals surface area contributed by atoms with Gasteiger partial charge in [-0.25, -0.2) is 9.78 Å². The van der Waals surface area contributed by atoms with Crippen molar-refractivity contribution in [2.75, 3.05) is 37.0 Å². The van der Waals surface area contributed by atoms with Gasteiger partial charge in [-0.1, -0.05) is 43.2 Å². The fourth-order valence-corrected chi connectivity index (χ4v) is 4.81. The fraction of sp³-hybridized carbons (Fsp3) is 0.500. The molecule has 0 saturated heterocycles. The first-order chi connectivity index (χ1) is 16.7. The Morgan fingerprint density at radius 3 is 2.47 bits per heavy atom. The van der Waals surface area contributed by atoms with Crippen LogP contribution >= 0.6 is 0 Å². The van der Waals surface area contributed by atoms with Gasteiger partial charge in [-0.05, 0) is 43.1 Å². The van der Waals surface area contributed by atoms with Crippen LogP contribution in [-0.2, 0) is 4.74 Å². The number of ether oxygens (including phenoxy) is 1. The Hall–Kier alpha value is -3.13. The molecule has 8 heteroatoms. The molecule has 180 valence electrons. The number of carbonyl (C=O) groups excluding carboxylic acids is 1. The molecule has 1 aromatic carbocycles. The van der Waals surface area contributed by atoms with E-state index in [-0.39, 0.29) is 12.1 Å². The molecule has 2 aliphatic carbocycles. The van der Waals surface area contributed by atoms with E-state index in [9.17, 15) is 4.79 Å². The standard InChI is InChI=1S/C26H34N6O2/c1-34-17-23(20-11-3-2-4-12-20)28-26(33)29-24-13-22-21(14-27-24)25(31-30-22)32(15-18-7-5-8-18)16-19-9-6-10-19/h2-4,11-14,18-19,23H,5-10,15-17H2,1H3,(H,30,31)(H2,27,28,29,33)/t23-/m1/s1. The largest absolute Gasteiger partial charge is 0.382 e. The third kappa shape index (κ3) is 5.17. The van der Waals surface area contributed by atoms with Gasteiger partial charge in [-0.15, -0.1) is 0 Å². The predicted octanol–water partition coefficient (Wildman–Crippen LogP) is 4.87. The molecule has 2 fully saturated rings. The Morgan fingerprint density at radius 2 is 1.85 bits per heavy atom. The summed E-state index contributed by atoms with van der Waals surface area (Å²) in [6.45, 7) is 2.52. The molecular formula is C26H34N6O2. The average Bonchev–Trinajstić information content (AvgIpc) is 3.20. The SMILES string of the molecule is COC[C@@H](NC(=O)Nc1cc2[nH]nc(N(CC3CCC3)CC3CCC3)c2cn1)c1ccccc1. The number of amides is 2. The number of urea groups is 1. The molecule has 3 aromatic rings. The third-order valence-electron chi connectivity index (χ3n) is 7.22. The third-order valence-corrected chi connectivity index (χ3v) is 7.22. The van der Waals surface area contributed by atoms with Gasteiger partial charge in [0.15, 0.2) is 5.82 Å². The zero-order valence-corrected chi connectivity index (χ0v) is 19.8. The van der Waals surface area contributed by atoms with Crippen molar-refractivity contribution in [3.05, 3.63) is 48.2 Å². The molecule has 1 atom stereocenters. The molecule has 2 aromatic heterocycles. The van der Waals surface area contributed by atoms with E-state index in [1.165, 1.54) is 38.5 Å². The van der Waals surface area contributed by atoms with Gasteiger partial charge < -0.3 is 15.0 Å². The van der Waals surface area contributed by atoms with Crippen LogP contribution in [-0.4, -0.2) is 48.0 Å². The Kier molecular flexibility index (Phi) is 6.94. The minimum absolute atomic E-state index is 0.250. The summed E-state index contributed by atoms with van der Waals surface area (Å²) in [6.07, 6.45) is 9.78. The van der Waals surface area contributed by atoms with Crippen molar-refractivity contribution in [1.29, 1.82) is 0 Å². The van der Waals surface area contributed by atoms with Crippen LogP contribution in [0.3, 0.4) is 0 Å². The first kappa shape index (κ1) is 22.7. The summed E-state index contributed by atoms with van der Waals surface area (Å²) in [6, 6.07) is 11.1.